The van der Waals surface area contributed by atoms with E-state index in [1.165, 1.54) is 5.56 Å². The zero-order valence-corrected chi connectivity index (χ0v) is 13.2. The van der Waals surface area contributed by atoms with Crippen LogP contribution in [-0.2, 0) is 6.42 Å². The van der Waals surface area contributed by atoms with Gasteiger partial charge in [0.1, 0.15) is 5.69 Å². The third kappa shape index (κ3) is 3.58. The van der Waals surface area contributed by atoms with Crippen molar-refractivity contribution in [2.45, 2.75) is 26.2 Å². The fourth-order valence-electron chi connectivity index (χ4n) is 2.45. The first-order valence-electron chi connectivity index (χ1n) is 7.79. The second kappa shape index (κ2) is 7.08. The van der Waals surface area contributed by atoms with Gasteiger partial charge in [-0.2, -0.15) is 5.10 Å². The molecule has 0 bridgehead atoms. The molecule has 1 N–H and O–H groups in total. The van der Waals surface area contributed by atoms with Gasteiger partial charge >= 0.3 is 0 Å². The Balaban J connectivity index is 1.86. The average Bonchev–Trinajstić information content (AvgIpc) is 2.99. The molecule has 2 aromatic heterocycles. The van der Waals surface area contributed by atoms with E-state index >= 15 is 0 Å². The highest BCUT2D eigenvalue weighted by molar-refractivity contribution is 5.48. The van der Waals surface area contributed by atoms with Crippen molar-refractivity contribution in [3.63, 3.8) is 0 Å². The van der Waals surface area contributed by atoms with Gasteiger partial charge in [0.15, 0.2) is 5.65 Å². The lowest BCUT2D eigenvalue weighted by Gasteiger charge is -2.04. The number of aromatic nitrogens is 3. The zero-order valence-electron chi connectivity index (χ0n) is 13.2. The molecule has 0 spiro atoms. The van der Waals surface area contributed by atoms with Crippen LogP contribution in [0.5, 0.6) is 0 Å². The van der Waals surface area contributed by atoms with E-state index in [0.717, 1.165) is 41.7 Å². The summed E-state index contributed by atoms with van der Waals surface area (Å²) in [6.45, 7) is 2.31. The topological polar surface area (TPSA) is 50.4 Å². The number of hydrogen-bond acceptors (Lipinski definition) is 3. The maximum atomic E-state index is 8.88. The molecule has 2 heterocycles. The number of aliphatic hydroxyl groups is 1. The van der Waals surface area contributed by atoms with E-state index in [-0.39, 0.29) is 6.61 Å². The standard InChI is InChI=1S/C19H19N3O/c1-15-7-8-16(5-2-3-12-23)13-17(15)9-10-18-14-20-19-6-4-11-21-22(18)19/h4,6-8,11,13-14,23H,2-3,5,12H2,1H3. The van der Waals surface area contributed by atoms with Crippen molar-refractivity contribution >= 4 is 5.65 Å². The lowest BCUT2D eigenvalue weighted by atomic mass is 10.0. The van der Waals surface area contributed by atoms with Crippen LogP contribution in [0.4, 0.5) is 0 Å². The molecule has 4 nitrogen and oxygen atoms in total. The summed E-state index contributed by atoms with van der Waals surface area (Å²) in [6.07, 6.45) is 6.27. The van der Waals surface area contributed by atoms with Crippen LogP contribution in [0.1, 0.15) is 35.2 Å². The van der Waals surface area contributed by atoms with E-state index in [1.807, 2.05) is 12.1 Å². The molecule has 1 aromatic carbocycles. The second-order valence-corrected chi connectivity index (χ2v) is 5.52. The first kappa shape index (κ1) is 15.3. The van der Waals surface area contributed by atoms with Gasteiger partial charge in [-0.05, 0) is 61.4 Å². The Labute approximate surface area is 135 Å². The number of rotatable bonds is 4. The first-order valence-corrected chi connectivity index (χ1v) is 7.79. The van der Waals surface area contributed by atoms with Crippen LogP contribution in [0.3, 0.4) is 0 Å². The minimum atomic E-state index is 0.250. The Morgan fingerprint density at radius 1 is 1.17 bits per heavy atom. The molecule has 0 aliphatic carbocycles. The van der Waals surface area contributed by atoms with Gasteiger partial charge in [-0.1, -0.05) is 18.1 Å². The Bertz CT molecular complexity index is 871. The number of aryl methyl sites for hydroxylation is 2. The Hall–Kier alpha value is -2.64. The Kier molecular flexibility index (Phi) is 4.70. The predicted molar refractivity (Wildman–Crippen MR) is 90.2 cm³/mol. The van der Waals surface area contributed by atoms with Gasteiger partial charge in [-0.3, -0.25) is 0 Å². The van der Waals surface area contributed by atoms with Crippen molar-refractivity contribution in [2.24, 2.45) is 0 Å². The average molecular weight is 305 g/mol. The van der Waals surface area contributed by atoms with Crippen molar-refractivity contribution in [1.29, 1.82) is 0 Å². The van der Waals surface area contributed by atoms with E-state index in [2.05, 4.69) is 47.0 Å². The van der Waals surface area contributed by atoms with E-state index in [0.29, 0.717) is 0 Å². The number of unbranched alkanes of at least 4 members (excludes halogenated alkanes) is 1. The van der Waals surface area contributed by atoms with Crippen molar-refractivity contribution in [1.82, 2.24) is 14.6 Å². The van der Waals surface area contributed by atoms with Gasteiger partial charge in [0.2, 0.25) is 0 Å². The molecule has 4 heteroatoms. The van der Waals surface area contributed by atoms with Crippen LogP contribution in [-0.4, -0.2) is 26.3 Å². The first-order chi connectivity index (χ1) is 11.3. The molecule has 3 aromatic rings. The molecule has 0 amide bonds. The van der Waals surface area contributed by atoms with Crippen molar-refractivity contribution in [3.05, 3.63) is 65.1 Å². The molecule has 0 aliphatic heterocycles. The Morgan fingerprint density at radius 3 is 2.96 bits per heavy atom. The van der Waals surface area contributed by atoms with E-state index < -0.39 is 0 Å². The molecule has 0 radical (unpaired) electrons. The molecule has 0 saturated heterocycles. The summed E-state index contributed by atoms with van der Waals surface area (Å²) in [4.78, 5) is 4.30. The molecule has 116 valence electrons. The molecular weight excluding hydrogens is 286 g/mol. The van der Waals surface area contributed by atoms with Crippen LogP contribution < -0.4 is 0 Å². The zero-order chi connectivity index (χ0) is 16.1. The van der Waals surface area contributed by atoms with Gasteiger partial charge in [-0.15, -0.1) is 0 Å². The van der Waals surface area contributed by atoms with E-state index in [1.54, 1.807) is 16.9 Å². The number of hydrogen-bond donors (Lipinski definition) is 1. The number of aliphatic hydroxyl groups excluding tert-OH is 1. The van der Waals surface area contributed by atoms with Crippen LogP contribution in [0.2, 0.25) is 0 Å². The summed E-state index contributed by atoms with van der Waals surface area (Å²) < 4.78 is 1.74. The molecule has 0 aliphatic rings. The summed E-state index contributed by atoms with van der Waals surface area (Å²) in [7, 11) is 0. The van der Waals surface area contributed by atoms with Gasteiger partial charge < -0.3 is 5.11 Å². The molecule has 23 heavy (non-hydrogen) atoms. The molecular formula is C19H19N3O. The van der Waals surface area contributed by atoms with E-state index in [4.69, 9.17) is 5.11 Å². The van der Waals surface area contributed by atoms with Crippen LogP contribution >= 0.6 is 0 Å². The molecule has 0 atom stereocenters. The highest BCUT2D eigenvalue weighted by atomic mass is 16.2. The van der Waals surface area contributed by atoms with Gasteiger partial charge in [0.05, 0.1) is 6.20 Å². The third-order valence-electron chi connectivity index (χ3n) is 3.78. The highest BCUT2D eigenvalue weighted by Crippen LogP contribution is 2.13. The largest absolute Gasteiger partial charge is 0.396 e. The number of benzene rings is 1. The van der Waals surface area contributed by atoms with Gasteiger partial charge in [0.25, 0.3) is 0 Å². The number of nitrogens with zero attached hydrogens (tertiary/aromatic N) is 3. The van der Waals surface area contributed by atoms with Crippen molar-refractivity contribution in [3.8, 4) is 11.8 Å². The molecule has 0 saturated carbocycles. The van der Waals surface area contributed by atoms with Crippen LogP contribution in [0.25, 0.3) is 5.65 Å². The quantitative estimate of drug-likeness (QED) is 0.595. The van der Waals surface area contributed by atoms with Crippen LogP contribution in [0, 0.1) is 18.8 Å². The monoisotopic (exact) mass is 305 g/mol. The maximum absolute atomic E-state index is 8.88. The fourth-order valence-corrected chi connectivity index (χ4v) is 2.45. The highest BCUT2D eigenvalue weighted by Gasteiger charge is 2.01. The Morgan fingerprint density at radius 2 is 2.09 bits per heavy atom. The second-order valence-electron chi connectivity index (χ2n) is 5.52. The fraction of sp³-hybridized carbons (Fsp3) is 0.263. The number of fused-ring (bicyclic) bond motifs is 1. The lowest BCUT2D eigenvalue weighted by Crippen LogP contribution is -1.93. The summed E-state index contributed by atoms with van der Waals surface area (Å²) in [5, 5.41) is 13.2. The SMILES string of the molecule is Cc1ccc(CCCCO)cc1C#Cc1cnc2cccnn12. The molecule has 3 rings (SSSR count). The summed E-state index contributed by atoms with van der Waals surface area (Å²) in [5.74, 6) is 6.41. The summed E-state index contributed by atoms with van der Waals surface area (Å²) in [5.41, 5.74) is 5.02. The number of imidazole rings is 1. The van der Waals surface area contributed by atoms with Gasteiger partial charge in [-0.25, -0.2) is 9.50 Å². The minimum absolute atomic E-state index is 0.250. The van der Waals surface area contributed by atoms with Crippen LogP contribution in [0.15, 0.2) is 42.7 Å². The molecule has 0 unspecified atom stereocenters. The summed E-state index contributed by atoms with van der Waals surface area (Å²) >= 11 is 0. The lowest BCUT2D eigenvalue weighted by molar-refractivity contribution is 0.284. The minimum Gasteiger partial charge on any atom is -0.396 e. The molecule has 0 fully saturated rings. The van der Waals surface area contributed by atoms with Gasteiger partial charge in [0, 0.05) is 18.4 Å². The van der Waals surface area contributed by atoms with Crippen molar-refractivity contribution < 1.29 is 5.11 Å². The van der Waals surface area contributed by atoms with E-state index in [9.17, 15) is 0 Å². The predicted octanol–water partition coefficient (Wildman–Crippen LogP) is 2.75. The third-order valence-corrected chi connectivity index (χ3v) is 3.78. The summed E-state index contributed by atoms with van der Waals surface area (Å²) in [6, 6.07) is 10.1. The normalized spacial score (nSPS) is 10.5. The maximum Gasteiger partial charge on any atom is 0.154 e. The van der Waals surface area contributed by atoms with Crippen molar-refractivity contribution in [2.75, 3.05) is 6.61 Å². The smallest absolute Gasteiger partial charge is 0.154 e.